The summed E-state index contributed by atoms with van der Waals surface area (Å²) >= 11 is 12.5. The molecule has 0 bridgehead atoms. The minimum atomic E-state index is -0.562. The number of benzene rings is 2. The Morgan fingerprint density at radius 2 is 1.78 bits per heavy atom. The number of phenolic OH excluding ortho intramolecular Hbond substituents is 1. The highest BCUT2D eigenvalue weighted by molar-refractivity contribution is 6.34. The monoisotopic (exact) mass is 469 g/mol. The van der Waals surface area contributed by atoms with Gasteiger partial charge in [-0.1, -0.05) is 49.2 Å². The smallest absolute Gasteiger partial charge is 0.277 e. The first-order chi connectivity index (χ1) is 15.1. The highest BCUT2D eigenvalue weighted by Gasteiger charge is 2.43. The van der Waals surface area contributed by atoms with Crippen LogP contribution in [0.2, 0.25) is 10.0 Å². The first-order valence-electron chi connectivity index (χ1n) is 10.3. The van der Waals surface area contributed by atoms with E-state index in [0.717, 1.165) is 11.3 Å². The van der Waals surface area contributed by atoms with E-state index in [1.54, 1.807) is 42.5 Å². The number of anilines is 1. The molecule has 0 fully saturated rings. The molecule has 5 rings (SSSR count). The number of Topliss-reactive ketones (excluding diaryl/α,β-unsaturated/α-hetero) is 1. The molecule has 32 heavy (non-hydrogen) atoms. The lowest BCUT2D eigenvalue weighted by Gasteiger charge is -2.37. The summed E-state index contributed by atoms with van der Waals surface area (Å²) in [7, 11) is 0. The molecular weight excluding hydrogens is 449 g/mol. The van der Waals surface area contributed by atoms with E-state index < -0.39 is 5.92 Å². The molecule has 1 atom stereocenters. The van der Waals surface area contributed by atoms with Crippen molar-refractivity contribution >= 4 is 34.8 Å². The standard InChI is InChI=1S/C24H21Cl2N3O3/c1-24(2)10-16-20(18(31)11-24)19(12-3-6-14(30)7-4-12)21-22(27-16)28-29(23(21)32)17-9-13(25)5-8-15(17)26/h3-9,19,27-28,30H,10-11H2,1-2H3. The summed E-state index contributed by atoms with van der Waals surface area (Å²) < 4.78 is 1.35. The van der Waals surface area contributed by atoms with Gasteiger partial charge in [0, 0.05) is 28.6 Å². The van der Waals surface area contributed by atoms with Crippen LogP contribution in [0.15, 0.2) is 58.5 Å². The molecule has 0 saturated heterocycles. The number of fused-ring (bicyclic) bond motifs is 1. The fourth-order valence-electron chi connectivity index (χ4n) is 4.72. The lowest BCUT2D eigenvalue weighted by atomic mass is 9.69. The van der Waals surface area contributed by atoms with E-state index in [1.807, 2.05) is 0 Å². The Bertz CT molecular complexity index is 1350. The summed E-state index contributed by atoms with van der Waals surface area (Å²) in [6.07, 6.45) is 1.07. The number of carbonyl (C=O) groups excluding carboxylic acids is 1. The molecule has 1 unspecified atom stereocenters. The Hall–Kier alpha value is -2.96. The minimum Gasteiger partial charge on any atom is -0.508 e. The van der Waals surface area contributed by atoms with Crippen LogP contribution in [0.5, 0.6) is 5.75 Å². The van der Waals surface area contributed by atoms with Crippen molar-refractivity contribution in [1.29, 1.82) is 0 Å². The van der Waals surface area contributed by atoms with Crippen LogP contribution in [0, 0.1) is 5.41 Å². The number of aromatic amines is 1. The van der Waals surface area contributed by atoms with Crippen molar-refractivity contribution in [2.24, 2.45) is 5.41 Å². The third-order valence-corrected chi connectivity index (χ3v) is 6.63. The van der Waals surface area contributed by atoms with Crippen molar-refractivity contribution in [2.45, 2.75) is 32.6 Å². The number of hydrogen-bond acceptors (Lipinski definition) is 4. The van der Waals surface area contributed by atoms with E-state index in [0.29, 0.717) is 45.5 Å². The van der Waals surface area contributed by atoms with E-state index in [-0.39, 0.29) is 22.5 Å². The molecule has 2 heterocycles. The summed E-state index contributed by atoms with van der Waals surface area (Å²) in [4.78, 5) is 26.9. The van der Waals surface area contributed by atoms with Gasteiger partial charge in [-0.3, -0.25) is 14.7 Å². The zero-order chi connectivity index (χ0) is 22.8. The lowest BCUT2D eigenvalue weighted by molar-refractivity contribution is -0.118. The van der Waals surface area contributed by atoms with Gasteiger partial charge in [0.25, 0.3) is 5.56 Å². The minimum absolute atomic E-state index is 0.0143. The van der Waals surface area contributed by atoms with Crippen LogP contribution in [-0.2, 0) is 4.79 Å². The van der Waals surface area contributed by atoms with Gasteiger partial charge < -0.3 is 10.4 Å². The van der Waals surface area contributed by atoms with E-state index in [9.17, 15) is 14.7 Å². The molecule has 0 amide bonds. The highest BCUT2D eigenvalue weighted by atomic mass is 35.5. The first-order valence-corrected chi connectivity index (χ1v) is 11.0. The van der Waals surface area contributed by atoms with Crippen molar-refractivity contribution in [3.05, 3.63) is 85.3 Å². The number of halogens is 2. The van der Waals surface area contributed by atoms with E-state index in [2.05, 4.69) is 24.3 Å². The van der Waals surface area contributed by atoms with Crippen molar-refractivity contribution < 1.29 is 9.90 Å². The van der Waals surface area contributed by atoms with Crippen LogP contribution in [0.25, 0.3) is 5.69 Å². The van der Waals surface area contributed by atoms with Gasteiger partial charge in [-0.05, 0) is 47.7 Å². The van der Waals surface area contributed by atoms with E-state index in [4.69, 9.17) is 23.2 Å². The molecule has 0 saturated carbocycles. The van der Waals surface area contributed by atoms with Crippen LogP contribution in [-0.4, -0.2) is 20.7 Å². The molecule has 1 aromatic heterocycles. The number of rotatable bonds is 2. The number of carbonyl (C=O) groups is 1. The van der Waals surface area contributed by atoms with Crippen LogP contribution < -0.4 is 10.9 Å². The zero-order valence-electron chi connectivity index (χ0n) is 17.5. The molecule has 164 valence electrons. The summed E-state index contributed by atoms with van der Waals surface area (Å²) in [5.41, 5.74) is 2.50. The molecular formula is C24H21Cl2N3O3. The molecule has 0 radical (unpaired) electrons. The summed E-state index contributed by atoms with van der Waals surface area (Å²) in [5.74, 6) is 0.0904. The number of allylic oxidation sites excluding steroid dienone is 2. The van der Waals surface area contributed by atoms with Crippen molar-refractivity contribution in [3.63, 3.8) is 0 Å². The number of ketones is 1. The van der Waals surface area contributed by atoms with Gasteiger partial charge >= 0.3 is 0 Å². The highest BCUT2D eigenvalue weighted by Crippen LogP contribution is 2.48. The average molecular weight is 470 g/mol. The van der Waals surface area contributed by atoms with E-state index in [1.165, 1.54) is 4.68 Å². The SMILES string of the molecule is CC1(C)CC(=O)C2=C(C1)Nc1[nH]n(-c3cc(Cl)ccc3Cl)c(=O)c1C2c1ccc(O)cc1. The van der Waals surface area contributed by atoms with Crippen molar-refractivity contribution in [3.8, 4) is 11.4 Å². The van der Waals surface area contributed by atoms with Gasteiger partial charge in [0.2, 0.25) is 0 Å². The quantitative estimate of drug-likeness (QED) is 0.470. The molecule has 2 aromatic carbocycles. The van der Waals surface area contributed by atoms with Gasteiger partial charge in [-0.25, -0.2) is 4.68 Å². The third-order valence-electron chi connectivity index (χ3n) is 6.08. The summed E-state index contributed by atoms with van der Waals surface area (Å²) in [5, 5.41) is 17.0. The molecule has 3 N–H and O–H groups in total. The Kier molecular flexibility index (Phi) is 4.76. The predicted molar refractivity (Wildman–Crippen MR) is 125 cm³/mol. The number of aromatic hydroxyl groups is 1. The maximum Gasteiger partial charge on any atom is 0.277 e. The van der Waals surface area contributed by atoms with Crippen molar-refractivity contribution in [2.75, 3.05) is 5.32 Å². The average Bonchev–Trinajstić information content (AvgIpc) is 3.04. The lowest BCUT2D eigenvalue weighted by Crippen LogP contribution is -2.35. The van der Waals surface area contributed by atoms with Gasteiger partial charge in [0.05, 0.1) is 16.3 Å². The normalized spacial score (nSPS) is 19.4. The molecule has 2 aliphatic rings. The number of nitrogens with one attached hydrogen (secondary N) is 2. The Morgan fingerprint density at radius 3 is 2.50 bits per heavy atom. The van der Waals surface area contributed by atoms with Crippen LogP contribution >= 0.6 is 23.2 Å². The van der Waals surface area contributed by atoms with Crippen molar-refractivity contribution in [1.82, 2.24) is 9.78 Å². The molecule has 0 spiro atoms. The van der Waals surface area contributed by atoms with Crippen LogP contribution in [0.4, 0.5) is 5.82 Å². The number of aromatic nitrogens is 2. The number of nitrogens with zero attached hydrogens (tertiary/aromatic N) is 1. The second-order valence-electron chi connectivity index (χ2n) is 9.12. The molecule has 1 aliphatic carbocycles. The zero-order valence-corrected chi connectivity index (χ0v) is 19.0. The fourth-order valence-corrected chi connectivity index (χ4v) is 5.09. The fraction of sp³-hybridized carbons (Fsp3) is 0.250. The molecule has 8 heteroatoms. The van der Waals surface area contributed by atoms with Gasteiger partial charge in [0.15, 0.2) is 5.78 Å². The topological polar surface area (TPSA) is 87.1 Å². The van der Waals surface area contributed by atoms with Crippen LogP contribution in [0.3, 0.4) is 0 Å². The summed E-state index contributed by atoms with van der Waals surface area (Å²) in [6.45, 7) is 4.11. The Balaban J connectivity index is 1.76. The van der Waals surface area contributed by atoms with Crippen LogP contribution in [0.1, 0.15) is 43.7 Å². The predicted octanol–water partition coefficient (Wildman–Crippen LogP) is 5.38. The second-order valence-corrected chi connectivity index (χ2v) is 9.96. The van der Waals surface area contributed by atoms with Gasteiger partial charge in [0.1, 0.15) is 11.6 Å². The molecule has 3 aromatic rings. The number of phenols is 1. The van der Waals surface area contributed by atoms with Gasteiger partial charge in [-0.15, -0.1) is 0 Å². The Labute approximate surface area is 194 Å². The maximum absolute atomic E-state index is 13.6. The van der Waals surface area contributed by atoms with E-state index >= 15 is 0 Å². The maximum atomic E-state index is 13.6. The summed E-state index contributed by atoms with van der Waals surface area (Å²) in [6, 6.07) is 11.5. The second kappa shape index (κ2) is 7.29. The molecule has 1 aliphatic heterocycles. The number of hydrogen-bond donors (Lipinski definition) is 3. The molecule has 6 nitrogen and oxygen atoms in total. The Morgan fingerprint density at radius 1 is 1.06 bits per heavy atom. The third kappa shape index (κ3) is 3.34. The van der Waals surface area contributed by atoms with Gasteiger partial charge in [-0.2, -0.15) is 0 Å². The first kappa shape index (κ1) is 20.9. The largest absolute Gasteiger partial charge is 0.508 e. The number of H-pyrrole nitrogens is 1.